The predicted octanol–water partition coefficient (Wildman–Crippen LogP) is 1.73. The summed E-state index contributed by atoms with van der Waals surface area (Å²) in [4.78, 5) is 14.1. The van der Waals surface area contributed by atoms with Crippen molar-refractivity contribution in [2.24, 2.45) is 0 Å². The number of piperidine rings is 1. The van der Waals surface area contributed by atoms with Gasteiger partial charge in [0.1, 0.15) is 15.6 Å². The van der Waals surface area contributed by atoms with Crippen molar-refractivity contribution in [1.82, 2.24) is 4.90 Å². The van der Waals surface area contributed by atoms with Crippen molar-refractivity contribution >= 4 is 15.7 Å². The number of likely N-dealkylation sites (tertiary alicyclic amines) is 1. The average Bonchev–Trinajstić information content (AvgIpc) is 2.47. The quantitative estimate of drug-likeness (QED) is 0.849. The van der Waals surface area contributed by atoms with Gasteiger partial charge in [-0.25, -0.2) is 8.42 Å². The van der Waals surface area contributed by atoms with E-state index in [1.54, 1.807) is 29.2 Å². The van der Waals surface area contributed by atoms with E-state index in [0.29, 0.717) is 38.1 Å². The van der Waals surface area contributed by atoms with E-state index in [1.807, 2.05) is 6.92 Å². The number of nitrogens with zero attached hydrogens (tertiary/aromatic N) is 1. The summed E-state index contributed by atoms with van der Waals surface area (Å²) in [6, 6.07) is 7.05. The Balaban J connectivity index is 1.98. The molecule has 2 rings (SSSR count). The molecule has 0 radical (unpaired) electrons. The van der Waals surface area contributed by atoms with Crippen LogP contribution in [0.25, 0.3) is 0 Å². The molecule has 0 unspecified atom stereocenters. The second-order valence-electron chi connectivity index (χ2n) is 5.28. The van der Waals surface area contributed by atoms with Gasteiger partial charge in [-0.2, -0.15) is 0 Å². The van der Waals surface area contributed by atoms with Gasteiger partial charge in [0.2, 0.25) is 0 Å². The lowest BCUT2D eigenvalue weighted by atomic mass is 10.1. The molecule has 116 valence electrons. The van der Waals surface area contributed by atoms with Crippen LogP contribution < -0.4 is 4.74 Å². The highest BCUT2D eigenvalue weighted by Crippen LogP contribution is 2.20. The van der Waals surface area contributed by atoms with E-state index in [9.17, 15) is 13.2 Å². The molecule has 1 aliphatic heterocycles. The second-order valence-corrected chi connectivity index (χ2v) is 7.60. The first-order valence-corrected chi connectivity index (χ1v) is 9.08. The molecule has 0 aromatic heterocycles. The summed E-state index contributed by atoms with van der Waals surface area (Å²) in [5.41, 5.74) is 0.608. The molecule has 0 aliphatic carbocycles. The van der Waals surface area contributed by atoms with Gasteiger partial charge in [0.15, 0.2) is 0 Å². The SMILES string of the molecule is CCOc1ccc(C(=O)N2CCC(S(C)(=O)=O)CC2)cc1. The molecule has 0 saturated carbocycles. The third-order valence-electron chi connectivity index (χ3n) is 3.75. The highest BCUT2D eigenvalue weighted by molar-refractivity contribution is 7.91. The van der Waals surface area contributed by atoms with Crippen molar-refractivity contribution < 1.29 is 17.9 Å². The Bertz CT molecular complexity index is 587. The zero-order valence-corrected chi connectivity index (χ0v) is 13.2. The third-order valence-corrected chi connectivity index (χ3v) is 5.43. The van der Waals surface area contributed by atoms with Gasteiger partial charge in [-0.1, -0.05) is 0 Å². The first-order valence-electron chi connectivity index (χ1n) is 7.13. The standard InChI is InChI=1S/C15H21NO4S/c1-3-20-13-6-4-12(5-7-13)15(17)16-10-8-14(9-11-16)21(2,18)19/h4-7,14H,3,8-11H2,1-2H3. The number of sulfone groups is 1. The summed E-state index contributed by atoms with van der Waals surface area (Å²) in [7, 11) is -3.01. The van der Waals surface area contributed by atoms with Gasteiger partial charge in [0.25, 0.3) is 5.91 Å². The number of carbonyl (C=O) groups excluding carboxylic acids is 1. The summed E-state index contributed by atoms with van der Waals surface area (Å²) in [5.74, 6) is 0.690. The third kappa shape index (κ3) is 3.97. The van der Waals surface area contributed by atoms with Gasteiger partial charge in [-0.05, 0) is 44.0 Å². The summed E-state index contributed by atoms with van der Waals surface area (Å²) in [6.45, 7) is 3.48. The van der Waals surface area contributed by atoms with E-state index in [-0.39, 0.29) is 11.2 Å². The summed E-state index contributed by atoms with van der Waals surface area (Å²) in [5, 5.41) is -0.318. The molecule has 1 saturated heterocycles. The molecule has 0 atom stereocenters. The zero-order valence-electron chi connectivity index (χ0n) is 12.4. The van der Waals surface area contributed by atoms with Crippen LogP contribution in [-0.2, 0) is 9.84 Å². The number of benzene rings is 1. The van der Waals surface area contributed by atoms with E-state index in [0.717, 1.165) is 5.75 Å². The van der Waals surface area contributed by atoms with Crippen molar-refractivity contribution in [3.63, 3.8) is 0 Å². The molecule has 1 aromatic rings. The number of hydrogen-bond acceptors (Lipinski definition) is 4. The van der Waals surface area contributed by atoms with E-state index in [4.69, 9.17) is 4.74 Å². The van der Waals surface area contributed by atoms with Crippen LogP contribution in [0.15, 0.2) is 24.3 Å². The fourth-order valence-electron chi connectivity index (χ4n) is 2.53. The number of carbonyl (C=O) groups is 1. The van der Waals surface area contributed by atoms with E-state index < -0.39 is 9.84 Å². The average molecular weight is 311 g/mol. The molecular formula is C15H21NO4S. The Morgan fingerprint density at radius 3 is 2.29 bits per heavy atom. The smallest absolute Gasteiger partial charge is 0.253 e. The Hall–Kier alpha value is -1.56. The molecule has 21 heavy (non-hydrogen) atoms. The molecule has 0 N–H and O–H groups in total. The maximum Gasteiger partial charge on any atom is 0.253 e. The van der Waals surface area contributed by atoms with Gasteiger partial charge in [-0.3, -0.25) is 4.79 Å². The predicted molar refractivity (Wildman–Crippen MR) is 81.4 cm³/mol. The van der Waals surface area contributed by atoms with E-state index in [2.05, 4.69) is 0 Å². The fraction of sp³-hybridized carbons (Fsp3) is 0.533. The highest BCUT2D eigenvalue weighted by atomic mass is 32.2. The number of ether oxygens (including phenoxy) is 1. The van der Waals surface area contributed by atoms with E-state index in [1.165, 1.54) is 6.26 Å². The first-order chi connectivity index (χ1) is 9.91. The van der Waals surface area contributed by atoms with Crippen LogP contribution in [0.4, 0.5) is 0 Å². The maximum absolute atomic E-state index is 12.4. The lowest BCUT2D eigenvalue weighted by molar-refractivity contribution is 0.0725. The highest BCUT2D eigenvalue weighted by Gasteiger charge is 2.29. The van der Waals surface area contributed by atoms with Crippen LogP contribution in [0.2, 0.25) is 0 Å². The van der Waals surface area contributed by atoms with Crippen molar-refractivity contribution in [2.75, 3.05) is 26.0 Å². The van der Waals surface area contributed by atoms with Crippen molar-refractivity contribution in [3.05, 3.63) is 29.8 Å². The van der Waals surface area contributed by atoms with Gasteiger partial charge >= 0.3 is 0 Å². The van der Waals surface area contributed by atoms with E-state index >= 15 is 0 Å². The Morgan fingerprint density at radius 1 is 1.24 bits per heavy atom. The fourth-order valence-corrected chi connectivity index (χ4v) is 3.60. The molecule has 1 amide bonds. The molecule has 0 spiro atoms. The zero-order chi connectivity index (χ0) is 15.5. The molecule has 5 nitrogen and oxygen atoms in total. The lowest BCUT2D eigenvalue weighted by Crippen LogP contribution is -2.42. The van der Waals surface area contributed by atoms with Crippen LogP contribution in [0, 0.1) is 0 Å². The Labute approximate surface area is 125 Å². The molecule has 6 heteroatoms. The van der Waals surface area contributed by atoms with Crippen molar-refractivity contribution in [3.8, 4) is 5.75 Å². The van der Waals surface area contributed by atoms with Crippen LogP contribution in [0.5, 0.6) is 5.75 Å². The number of hydrogen-bond donors (Lipinski definition) is 0. The minimum absolute atomic E-state index is 0.0509. The topological polar surface area (TPSA) is 63.7 Å². The molecular weight excluding hydrogens is 290 g/mol. The Kier molecular flexibility index (Phi) is 4.88. The maximum atomic E-state index is 12.4. The van der Waals surface area contributed by atoms with Crippen LogP contribution in [-0.4, -0.2) is 50.4 Å². The minimum atomic E-state index is -3.01. The number of rotatable bonds is 4. The first kappa shape index (κ1) is 15.8. The number of amides is 1. The molecule has 1 aromatic carbocycles. The summed E-state index contributed by atoms with van der Waals surface area (Å²) >= 11 is 0. The molecule has 1 heterocycles. The van der Waals surface area contributed by atoms with Gasteiger partial charge in [0, 0.05) is 24.9 Å². The molecule has 1 aliphatic rings. The summed E-state index contributed by atoms with van der Waals surface area (Å²) in [6.07, 6.45) is 2.30. The van der Waals surface area contributed by atoms with Crippen LogP contribution in [0.3, 0.4) is 0 Å². The van der Waals surface area contributed by atoms with Gasteiger partial charge in [0.05, 0.1) is 11.9 Å². The van der Waals surface area contributed by atoms with Gasteiger partial charge in [-0.15, -0.1) is 0 Å². The monoisotopic (exact) mass is 311 g/mol. The minimum Gasteiger partial charge on any atom is -0.494 e. The normalized spacial score (nSPS) is 16.8. The Morgan fingerprint density at radius 2 is 1.81 bits per heavy atom. The van der Waals surface area contributed by atoms with Crippen molar-refractivity contribution in [2.45, 2.75) is 25.0 Å². The lowest BCUT2D eigenvalue weighted by Gasteiger charge is -2.31. The summed E-state index contributed by atoms with van der Waals surface area (Å²) < 4.78 is 28.4. The van der Waals surface area contributed by atoms with Crippen LogP contribution in [0.1, 0.15) is 30.1 Å². The van der Waals surface area contributed by atoms with Gasteiger partial charge < -0.3 is 9.64 Å². The largest absolute Gasteiger partial charge is 0.494 e. The van der Waals surface area contributed by atoms with Crippen molar-refractivity contribution in [1.29, 1.82) is 0 Å². The molecule has 0 bridgehead atoms. The second kappa shape index (κ2) is 6.47. The molecule has 1 fully saturated rings. The van der Waals surface area contributed by atoms with Crippen LogP contribution >= 0.6 is 0 Å².